The molecule has 0 heteroatoms. The van der Waals surface area contributed by atoms with Gasteiger partial charge in [-0.1, -0.05) is 60.7 Å². The zero-order valence-electron chi connectivity index (χ0n) is 9.08. The molecule has 3 aliphatic carbocycles. The Balaban J connectivity index is 1.82. The van der Waals surface area contributed by atoms with Crippen LogP contribution < -0.4 is 0 Å². The van der Waals surface area contributed by atoms with Crippen LogP contribution in [0.25, 0.3) is 5.57 Å². The third-order valence-corrected chi connectivity index (χ3v) is 4.24. The molecule has 0 unspecified atom stereocenters. The molecule has 0 N–H and O–H groups in total. The van der Waals surface area contributed by atoms with Gasteiger partial charge in [0.2, 0.25) is 0 Å². The van der Waals surface area contributed by atoms with Gasteiger partial charge in [-0.15, -0.1) is 0 Å². The minimum atomic E-state index is 0.660. The summed E-state index contributed by atoms with van der Waals surface area (Å²) in [6, 6.07) is 10.8. The number of allylic oxidation sites excluding steroid dienone is 6. The van der Waals surface area contributed by atoms with E-state index in [2.05, 4.69) is 60.7 Å². The van der Waals surface area contributed by atoms with Crippen LogP contribution in [0.1, 0.15) is 5.56 Å². The Kier molecular flexibility index (Phi) is 1.59. The van der Waals surface area contributed by atoms with Gasteiger partial charge in [0.25, 0.3) is 0 Å². The van der Waals surface area contributed by atoms with E-state index in [9.17, 15) is 0 Å². The molecular formula is C16H14. The van der Waals surface area contributed by atoms with Crippen molar-refractivity contribution in [3.63, 3.8) is 0 Å². The standard InChI is InChI=1S/C16H14/c1-2-4-11(5-3-1)15-10-13-7-6-12-8-9-14(15)16(12)13/h1-10,12-14,16H/t12-,13-,14+,16-/m0/s1. The summed E-state index contributed by atoms with van der Waals surface area (Å²) >= 11 is 0. The van der Waals surface area contributed by atoms with E-state index < -0.39 is 0 Å². The van der Waals surface area contributed by atoms with Crippen molar-refractivity contribution in [1.29, 1.82) is 0 Å². The highest BCUT2D eigenvalue weighted by Gasteiger charge is 2.44. The highest BCUT2D eigenvalue weighted by molar-refractivity contribution is 5.73. The van der Waals surface area contributed by atoms with Gasteiger partial charge in [0.05, 0.1) is 0 Å². The van der Waals surface area contributed by atoms with E-state index in [-0.39, 0.29) is 0 Å². The minimum absolute atomic E-state index is 0.660. The van der Waals surface area contributed by atoms with Gasteiger partial charge in [0.1, 0.15) is 0 Å². The molecule has 0 radical (unpaired) electrons. The highest BCUT2D eigenvalue weighted by atomic mass is 14.5. The topological polar surface area (TPSA) is 0 Å². The summed E-state index contributed by atoms with van der Waals surface area (Å²) in [5.41, 5.74) is 2.94. The van der Waals surface area contributed by atoms with Crippen LogP contribution in [-0.2, 0) is 0 Å². The summed E-state index contributed by atoms with van der Waals surface area (Å²) in [5, 5.41) is 0. The Morgan fingerprint density at radius 1 is 0.750 bits per heavy atom. The van der Waals surface area contributed by atoms with E-state index in [0.717, 1.165) is 5.92 Å². The zero-order chi connectivity index (χ0) is 10.5. The molecule has 0 bridgehead atoms. The number of hydrogen-bond donors (Lipinski definition) is 0. The van der Waals surface area contributed by atoms with Crippen LogP contribution in [0.15, 0.2) is 60.7 Å². The van der Waals surface area contributed by atoms with Crippen LogP contribution in [0.4, 0.5) is 0 Å². The summed E-state index contributed by atoms with van der Waals surface area (Å²) in [6.45, 7) is 0. The molecule has 0 saturated heterocycles. The Hall–Kier alpha value is -1.56. The van der Waals surface area contributed by atoms with Crippen molar-refractivity contribution in [2.24, 2.45) is 23.7 Å². The Labute approximate surface area is 96.0 Å². The van der Waals surface area contributed by atoms with Gasteiger partial charge in [0, 0.05) is 5.92 Å². The summed E-state index contributed by atoms with van der Waals surface area (Å²) in [5.74, 6) is 2.84. The molecule has 0 amide bonds. The molecule has 1 aromatic carbocycles. The Morgan fingerprint density at radius 3 is 2.38 bits per heavy atom. The first kappa shape index (κ1) is 8.58. The van der Waals surface area contributed by atoms with E-state index in [1.165, 1.54) is 5.56 Å². The van der Waals surface area contributed by atoms with Crippen molar-refractivity contribution in [2.45, 2.75) is 0 Å². The van der Waals surface area contributed by atoms with Crippen molar-refractivity contribution in [1.82, 2.24) is 0 Å². The summed E-state index contributed by atoms with van der Waals surface area (Å²) in [7, 11) is 0. The molecular weight excluding hydrogens is 192 g/mol. The molecule has 0 spiro atoms. The fourth-order valence-electron chi connectivity index (χ4n) is 3.53. The first-order chi connectivity index (χ1) is 7.93. The molecule has 1 aromatic rings. The maximum absolute atomic E-state index is 2.48. The van der Waals surface area contributed by atoms with Gasteiger partial charge in [-0.3, -0.25) is 0 Å². The van der Waals surface area contributed by atoms with Crippen molar-refractivity contribution < 1.29 is 0 Å². The SMILES string of the molecule is C1=C[C@H]2C=C(c3ccccc3)[C@H]3C=C[C@H]1[C@@H]23. The van der Waals surface area contributed by atoms with E-state index >= 15 is 0 Å². The van der Waals surface area contributed by atoms with Crippen molar-refractivity contribution in [3.8, 4) is 0 Å². The van der Waals surface area contributed by atoms with Gasteiger partial charge in [-0.25, -0.2) is 0 Å². The molecule has 0 nitrogen and oxygen atoms in total. The van der Waals surface area contributed by atoms with Gasteiger partial charge in [-0.05, 0) is 28.9 Å². The third kappa shape index (κ3) is 0.996. The van der Waals surface area contributed by atoms with Crippen molar-refractivity contribution in [2.75, 3.05) is 0 Å². The average molecular weight is 206 g/mol. The second-order valence-electron chi connectivity index (χ2n) is 5.02. The normalized spacial score (nSPS) is 37.9. The minimum Gasteiger partial charge on any atom is -0.0807 e. The van der Waals surface area contributed by atoms with Crippen molar-refractivity contribution >= 4 is 5.57 Å². The van der Waals surface area contributed by atoms with Gasteiger partial charge >= 0.3 is 0 Å². The molecule has 0 heterocycles. The van der Waals surface area contributed by atoms with E-state index in [4.69, 9.17) is 0 Å². The van der Waals surface area contributed by atoms with Crippen LogP contribution in [0.2, 0.25) is 0 Å². The van der Waals surface area contributed by atoms with Crippen molar-refractivity contribution in [3.05, 3.63) is 66.3 Å². The molecule has 0 fully saturated rings. The number of benzene rings is 1. The average Bonchev–Trinajstić information content (AvgIpc) is 2.99. The lowest BCUT2D eigenvalue weighted by Gasteiger charge is -2.17. The lowest BCUT2D eigenvalue weighted by atomic mass is 9.85. The fraction of sp³-hybridized carbons (Fsp3) is 0.250. The van der Waals surface area contributed by atoms with Gasteiger partial charge in [0.15, 0.2) is 0 Å². The Morgan fingerprint density at radius 2 is 1.50 bits per heavy atom. The maximum Gasteiger partial charge on any atom is 0.00667 e. The number of hydrogen-bond acceptors (Lipinski definition) is 0. The van der Waals surface area contributed by atoms with Crippen LogP contribution in [-0.4, -0.2) is 0 Å². The number of rotatable bonds is 1. The summed E-state index contributed by atoms with van der Waals surface area (Å²) in [4.78, 5) is 0. The van der Waals surface area contributed by atoms with Crippen LogP contribution >= 0.6 is 0 Å². The molecule has 16 heavy (non-hydrogen) atoms. The largest absolute Gasteiger partial charge is 0.0807 e. The van der Waals surface area contributed by atoms with Gasteiger partial charge in [-0.2, -0.15) is 0 Å². The summed E-state index contributed by atoms with van der Waals surface area (Å²) < 4.78 is 0. The van der Waals surface area contributed by atoms with E-state index in [1.54, 1.807) is 5.57 Å². The van der Waals surface area contributed by atoms with Crippen LogP contribution in [0.5, 0.6) is 0 Å². The highest BCUT2D eigenvalue weighted by Crippen LogP contribution is 2.53. The lowest BCUT2D eigenvalue weighted by Crippen LogP contribution is -2.12. The molecule has 0 aliphatic heterocycles. The third-order valence-electron chi connectivity index (χ3n) is 4.24. The second kappa shape index (κ2) is 2.98. The smallest absolute Gasteiger partial charge is 0.00667 e. The Bertz CT molecular complexity index is 504. The molecule has 3 aliphatic rings. The van der Waals surface area contributed by atoms with E-state index in [0.29, 0.717) is 17.8 Å². The van der Waals surface area contributed by atoms with Gasteiger partial charge < -0.3 is 0 Å². The quantitative estimate of drug-likeness (QED) is 0.615. The first-order valence-electron chi connectivity index (χ1n) is 6.07. The molecule has 0 aromatic heterocycles. The van der Waals surface area contributed by atoms with Crippen LogP contribution in [0, 0.1) is 23.7 Å². The predicted molar refractivity (Wildman–Crippen MR) is 66.7 cm³/mol. The molecule has 0 saturated carbocycles. The molecule has 4 atom stereocenters. The molecule has 78 valence electrons. The van der Waals surface area contributed by atoms with E-state index in [1.807, 2.05) is 0 Å². The second-order valence-corrected chi connectivity index (χ2v) is 5.02. The first-order valence-corrected chi connectivity index (χ1v) is 6.07. The maximum atomic E-state index is 2.48. The fourth-order valence-corrected chi connectivity index (χ4v) is 3.53. The zero-order valence-corrected chi connectivity index (χ0v) is 9.08. The predicted octanol–water partition coefficient (Wildman–Crippen LogP) is 3.69. The summed E-state index contributed by atoms with van der Waals surface area (Å²) in [6.07, 6.45) is 12.1. The van der Waals surface area contributed by atoms with Crippen LogP contribution in [0.3, 0.4) is 0 Å². The monoisotopic (exact) mass is 206 g/mol. The lowest BCUT2D eigenvalue weighted by molar-refractivity contribution is 0.423. The molecule has 4 rings (SSSR count).